The van der Waals surface area contributed by atoms with Gasteiger partial charge >= 0.3 is 5.97 Å². The van der Waals surface area contributed by atoms with E-state index in [1.54, 1.807) is 20.2 Å². The number of hydrogen-bond acceptors (Lipinski definition) is 6. The van der Waals surface area contributed by atoms with Gasteiger partial charge in [0.25, 0.3) is 0 Å². The third-order valence-electron chi connectivity index (χ3n) is 4.78. The van der Waals surface area contributed by atoms with Gasteiger partial charge in [-0.1, -0.05) is 6.92 Å². The molecule has 0 radical (unpaired) electrons. The highest BCUT2D eigenvalue weighted by Crippen LogP contribution is 2.35. The fourth-order valence-electron chi connectivity index (χ4n) is 3.24. The van der Waals surface area contributed by atoms with Crippen LogP contribution in [0.5, 0.6) is 5.75 Å². The molecule has 0 spiro atoms. The number of ether oxygens (including phenoxy) is 2. The molecule has 1 fully saturated rings. The quantitative estimate of drug-likeness (QED) is 0.860. The second-order valence-electron chi connectivity index (χ2n) is 6.40. The summed E-state index contributed by atoms with van der Waals surface area (Å²) in [5.74, 6) is 0.537. The van der Waals surface area contributed by atoms with Crippen LogP contribution in [0.25, 0.3) is 10.9 Å². The van der Waals surface area contributed by atoms with E-state index >= 15 is 0 Å². The third kappa shape index (κ3) is 3.39. The highest BCUT2D eigenvalue weighted by Gasteiger charge is 2.29. The van der Waals surface area contributed by atoms with Crippen molar-refractivity contribution in [2.75, 3.05) is 31.7 Å². The SMILES string of the molecule is CCOC(=O)c1cnc2ccc(OC)cc2c1N1CCC(C)C(O)C1. The van der Waals surface area contributed by atoms with E-state index in [9.17, 15) is 9.90 Å². The third-order valence-corrected chi connectivity index (χ3v) is 4.78. The number of aliphatic hydroxyl groups excluding tert-OH is 1. The minimum Gasteiger partial charge on any atom is -0.497 e. The van der Waals surface area contributed by atoms with Gasteiger partial charge in [-0.2, -0.15) is 0 Å². The average molecular weight is 344 g/mol. The number of carbonyl (C=O) groups is 1. The summed E-state index contributed by atoms with van der Waals surface area (Å²) in [6, 6.07) is 5.59. The first kappa shape index (κ1) is 17.5. The maximum absolute atomic E-state index is 12.5. The van der Waals surface area contributed by atoms with Gasteiger partial charge in [0.1, 0.15) is 11.3 Å². The minimum absolute atomic E-state index is 0.241. The molecule has 1 aromatic carbocycles. The van der Waals surface area contributed by atoms with Gasteiger partial charge in [-0.05, 0) is 37.5 Å². The van der Waals surface area contributed by atoms with Crippen molar-refractivity contribution in [3.8, 4) is 5.75 Å². The number of aromatic nitrogens is 1. The Morgan fingerprint density at radius 1 is 1.44 bits per heavy atom. The number of methoxy groups -OCH3 is 1. The lowest BCUT2D eigenvalue weighted by molar-refractivity contribution is 0.0525. The number of pyridine rings is 1. The topological polar surface area (TPSA) is 71.9 Å². The number of rotatable bonds is 4. The van der Waals surface area contributed by atoms with Gasteiger partial charge in [-0.3, -0.25) is 4.98 Å². The van der Waals surface area contributed by atoms with Crippen molar-refractivity contribution in [2.45, 2.75) is 26.4 Å². The molecule has 0 aliphatic carbocycles. The van der Waals surface area contributed by atoms with Crippen molar-refractivity contribution in [1.29, 1.82) is 0 Å². The lowest BCUT2D eigenvalue weighted by Gasteiger charge is -2.37. The molecule has 2 unspecified atom stereocenters. The first-order valence-electron chi connectivity index (χ1n) is 8.62. The van der Waals surface area contributed by atoms with Crippen LogP contribution < -0.4 is 9.64 Å². The van der Waals surface area contributed by atoms with Crippen LogP contribution in [-0.4, -0.2) is 49.0 Å². The van der Waals surface area contributed by atoms with Crippen LogP contribution in [0.15, 0.2) is 24.4 Å². The molecule has 0 amide bonds. The average Bonchev–Trinajstić information content (AvgIpc) is 2.62. The van der Waals surface area contributed by atoms with E-state index in [1.165, 1.54) is 0 Å². The number of fused-ring (bicyclic) bond motifs is 1. The van der Waals surface area contributed by atoms with E-state index in [0.717, 1.165) is 29.6 Å². The summed E-state index contributed by atoms with van der Waals surface area (Å²) in [6.07, 6.45) is 1.99. The molecule has 25 heavy (non-hydrogen) atoms. The molecule has 3 rings (SSSR count). The van der Waals surface area contributed by atoms with Crippen LogP contribution in [0, 0.1) is 5.92 Å². The normalized spacial score (nSPS) is 20.6. The number of esters is 1. The molecule has 1 N–H and O–H groups in total. The summed E-state index contributed by atoms with van der Waals surface area (Å²) < 4.78 is 10.6. The van der Waals surface area contributed by atoms with Crippen LogP contribution >= 0.6 is 0 Å². The molecular formula is C19H24N2O4. The van der Waals surface area contributed by atoms with Gasteiger partial charge in [0.15, 0.2) is 0 Å². The van der Waals surface area contributed by atoms with Gasteiger partial charge in [0, 0.05) is 24.7 Å². The van der Waals surface area contributed by atoms with Gasteiger partial charge in [0.05, 0.1) is 31.0 Å². The van der Waals surface area contributed by atoms with Gasteiger partial charge in [-0.15, -0.1) is 0 Å². The summed E-state index contributed by atoms with van der Waals surface area (Å²) in [5, 5.41) is 11.1. The largest absolute Gasteiger partial charge is 0.497 e. The number of benzene rings is 1. The zero-order chi connectivity index (χ0) is 18.0. The van der Waals surface area contributed by atoms with Crippen molar-refractivity contribution >= 4 is 22.6 Å². The van der Waals surface area contributed by atoms with E-state index in [1.807, 2.05) is 25.1 Å². The second kappa shape index (κ2) is 7.27. The summed E-state index contributed by atoms with van der Waals surface area (Å²) in [4.78, 5) is 18.9. The number of carbonyl (C=O) groups excluding carboxylic acids is 1. The van der Waals surface area contributed by atoms with E-state index in [2.05, 4.69) is 9.88 Å². The lowest BCUT2D eigenvalue weighted by Crippen LogP contribution is -2.43. The predicted octanol–water partition coefficient (Wildman–Crippen LogP) is 2.63. The predicted molar refractivity (Wildman–Crippen MR) is 96.3 cm³/mol. The summed E-state index contributed by atoms with van der Waals surface area (Å²) >= 11 is 0. The van der Waals surface area contributed by atoms with Gasteiger partial charge in [0.2, 0.25) is 0 Å². The Labute approximate surface area is 147 Å². The number of nitrogens with zero attached hydrogens (tertiary/aromatic N) is 2. The summed E-state index contributed by atoms with van der Waals surface area (Å²) in [6.45, 7) is 5.36. The van der Waals surface area contributed by atoms with Crippen LogP contribution in [-0.2, 0) is 4.74 Å². The number of anilines is 1. The van der Waals surface area contributed by atoms with Crippen molar-refractivity contribution in [2.24, 2.45) is 5.92 Å². The molecular weight excluding hydrogens is 320 g/mol. The summed E-state index contributed by atoms with van der Waals surface area (Å²) in [5.41, 5.74) is 1.95. The molecule has 1 saturated heterocycles. The maximum Gasteiger partial charge on any atom is 0.341 e. The molecule has 1 aromatic heterocycles. The van der Waals surface area contributed by atoms with Crippen LogP contribution in [0.4, 0.5) is 5.69 Å². The zero-order valence-electron chi connectivity index (χ0n) is 14.9. The molecule has 0 bridgehead atoms. The Hall–Kier alpha value is -2.34. The highest BCUT2D eigenvalue weighted by molar-refractivity contribution is 6.05. The van der Waals surface area contributed by atoms with Gasteiger partial charge in [-0.25, -0.2) is 4.79 Å². The van der Waals surface area contributed by atoms with Crippen LogP contribution in [0.3, 0.4) is 0 Å². The van der Waals surface area contributed by atoms with Crippen molar-refractivity contribution in [3.63, 3.8) is 0 Å². The number of β-amino-alcohol motifs (C(OH)–C–C–N with tert-alkyl or cyclic N) is 1. The van der Waals surface area contributed by atoms with E-state index in [0.29, 0.717) is 24.5 Å². The Balaban J connectivity index is 2.16. The highest BCUT2D eigenvalue weighted by atomic mass is 16.5. The Kier molecular flexibility index (Phi) is 5.08. The van der Waals surface area contributed by atoms with Crippen LogP contribution in [0.2, 0.25) is 0 Å². The monoisotopic (exact) mass is 344 g/mol. The van der Waals surface area contributed by atoms with Crippen LogP contribution in [0.1, 0.15) is 30.6 Å². The molecule has 2 heterocycles. The first-order valence-corrected chi connectivity index (χ1v) is 8.62. The number of aliphatic hydroxyl groups is 1. The van der Waals surface area contributed by atoms with Crippen molar-refractivity contribution in [3.05, 3.63) is 30.0 Å². The second-order valence-corrected chi connectivity index (χ2v) is 6.40. The smallest absolute Gasteiger partial charge is 0.341 e. The minimum atomic E-state index is -0.433. The molecule has 1 aliphatic heterocycles. The molecule has 1 aliphatic rings. The maximum atomic E-state index is 12.5. The Morgan fingerprint density at radius 3 is 2.92 bits per heavy atom. The fourth-order valence-corrected chi connectivity index (χ4v) is 3.24. The van der Waals surface area contributed by atoms with E-state index in [-0.39, 0.29) is 5.92 Å². The Morgan fingerprint density at radius 2 is 2.24 bits per heavy atom. The molecule has 6 nitrogen and oxygen atoms in total. The standard InChI is InChI=1S/C19H24N2O4/c1-4-25-19(23)15-10-20-16-6-5-13(24-3)9-14(16)18(15)21-8-7-12(2)17(22)11-21/h5-6,9-10,12,17,22H,4,7-8,11H2,1-3H3. The Bertz CT molecular complexity index is 777. The molecule has 2 aromatic rings. The zero-order valence-corrected chi connectivity index (χ0v) is 14.9. The molecule has 134 valence electrons. The van der Waals surface area contributed by atoms with Crippen molar-refractivity contribution in [1.82, 2.24) is 4.98 Å². The fraction of sp³-hybridized carbons (Fsp3) is 0.474. The molecule has 0 saturated carbocycles. The van der Waals surface area contributed by atoms with E-state index < -0.39 is 12.1 Å². The number of hydrogen-bond donors (Lipinski definition) is 1. The lowest BCUT2D eigenvalue weighted by atomic mass is 9.94. The van der Waals surface area contributed by atoms with Gasteiger partial charge < -0.3 is 19.5 Å². The van der Waals surface area contributed by atoms with E-state index in [4.69, 9.17) is 9.47 Å². The molecule has 6 heteroatoms. The molecule has 2 atom stereocenters. The number of piperidine rings is 1. The first-order chi connectivity index (χ1) is 12.0. The van der Waals surface area contributed by atoms with Crippen molar-refractivity contribution < 1.29 is 19.4 Å². The summed E-state index contributed by atoms with van der Waals surface area (Å²) in [7, 11) is 1.61.